The first-order valence-electron chi connectivity index (χ1n) is 15.8. The van der Waals surface area contributed by atoms with Crippen LogP contribution >= 0.6 is 11.3 Å². The van der Waals surface area contributed by atoms with E-state index in [4.69, 9.17) is 4.98 Å². The third-order valence-corrected chi connectivity index (χ3v) is 11.0. The van der Waals surface area contributed by atoms with E-state index in [0.717, 1.165) is 68.0 Å². The molecule has 1 saturated heterocycles. The van der Waals surface area contributed by atoms with Crippen LogP contribution in [0.1, 0.15) is 85.0 Å². The van der Waals surface area contributed by atoms with Gasteiger partial charge in [-0.2, -0.15) is 0 Å². The van der Waals surface area contributed by atoms with Gasteiger partial charge < -0.3 is 10.0 Å². The first-order valence-corrected chi connectivity index (χ1v) is 16.6. The summed E-state index contributed by atoms with van der Waals surface area (Å²) in [6, 6.07) is 13.5. The lowest BCUT2D eigenvalue weighted by molar-refractivity contribution is -0.145. The lowest BCUT2D eigenvalue weighted by Gasteiger charge is -2.35. The van der Waals surface area contributed by atoms with Gasteiger partial charge in [0.15, 0.2) is 0 Å². The number of halogens is 2. The van der Waals surface area contributed by atoms with E-state index in [1.165, 1.54) is 17.0 Å². The van der Waals surface area contributed by atoms with E-state index in [0.29, 0.717) is 23.8 Å². The van der Waals surface area contributed by atoms with Crippen molar-refractivity contribution in [3.8, 4) is 0 Å². The summed E-state index contributed by atoms with van der Waals surface area (Å²) in [5, 5.41) is 10.9. The van der Waals surface area contributed by atoms with E-state index in [2.05, 4.69) is 16.7 Å². The molecular weight excluding hydrogens is 564 g/mol. The molecule has 3 aromatic rings. The van der Waals surface area contributed by atoms with Gasteiger partial charge in [0.1, 0.15) is 17.7 Å². The van der Waals surface area contributed by atoms with Crippen molar-refractivity contribution in [2.75, 3.05) is 26.7 Å². The molecule has 2 aromatic carbocycles. The Morgan fingerprint density at radius 1 is 1.12 bits per heavy atom. The smallest absolute Gasteiger partial charge is 0.321 e. The average Bonchev–Trinajstić information content (AvgIpc) is 3.58. The van der Waals surface area contributed by atoms with Gasteiger partial charge in [0, 0.05) is 23.9 Å². The number of piperidine rings is 1. The number of likely N-dealkylation sites (tertiary alicyclic amines) is 1. The lowest BCUT2D eigenvalue weighted by atomic mass is 9.87. The number of thiazole rings is 1. The first-order chi connectivity index (χ1) is 20.6. The molecule has 5 rings (SSSR count). The highest BCUT2D eigenvalue weighted by molar-refractivity contribution is 7.11. The zero-order chi connectivity index (χ0) is 30.7. The zero-order valence-corrected chi connectivity index (χ0v) is 26.6. The maximum absolute atomic E-state index is 14.3. The number of benzene rings is 2. The van der Waals surface area contributed by atoms with E-state index in [1.807, 2.05) is 39.1 Å². The molecule has 3 unspecified atom stereocenters. The normalized spacial score (nSPS) is 22.5. The van der Waals surface area contributed by atoms with Crippen LogP contribution in [0.15, 0.2) is 48.5 Å². The Labute approximate surface area is 258 Å². The molecule has 232 valence electrons. The predicted molar refractivity (Wildman–Crippen MR) is 169 cm³/mol. The number of aliphatic carboxylic acids is 1. The minimum Gasteiger partial charge on any atom is -0.480 e. The molecule has 2 heterocycles. The third-order valence-electron chi connectivity index (χ3n) is 9.70. The van der Waals surface area contributed by atoms with Gasteiger partial charge in [-0.25, -0.2) is 13.8 Å². The van der Waals surface area contributed by atoms with Gasteiger partial charge in [-0.1, -0.05) is 51.1 Å². The quantitative estimate of drug-likeness (QED) is 0.246. The number of aryl methyl sites for hydroxylation is 1. The molecule has 8 heteroatoms. The highest BCUT2D eigenvalue weighted by Gasteiger charge is 2.42. The number of rotatable bonds is 11. The number of hydrogen-bond donors (Lipinski definition) is 1. The van der Waals surface area contributed by atoms with Gasteiger partial charge in [-0.3, -0.25) is 9.69 Å². The number of aromatic nitrogens is 1. The van der Waals surface area contributed by atoms with Gasteiger partial charge in [0.25, 0.3) is 0 Å². The highest BCUT2D eigenvalue weighted by atomic mass is 32.1. The molecule has 1 aromatic heterocycles. The molecule has 0 spiro atoms. The van der Waals surface area contributed by atoms with Crippen LogP contribution in [0.3, 0.4) is 0 Å². The van der Waals surface area contributed by atoms with Crippen molar-refractivity contribution >= 4 is 17.3 Å². The van der Waals surface area contributed by atoms with Crippen LogP contribution in [0.2, 0.25) is 0 Å². The molecule has 5 nitrogen and oxygen atoms in total. The molecule has 4 atom stereocenters. The summed E-state index contributed by atoms with van der Waals surface area (Å²) < 4.78 is 28.6. The Hall–Kier alpha value is -2.68. The number of carboxylic acids is 1. The molecule has 1 saturated carbocycles. The van der Waals surface area contributed by atoms with Crippen LogP contribution in [0.4, 0.5) is 8.78 Å². The number of nitrogens with zero attached hydrogens (tertiary/aromatic N) is 3. The van der Waals surface area contributed by atoms with Crippen LogP contribution in [-0.4, -0.2) is 64.6 Å². The molecule has 1 aliphatic carbocycles. The molecule has 2 fully saturated rings. The number of likely N-dealkylation sites (N-methyl/N-ethyl adjacent to an activating group) is 1. The Morgan fingerprint density at radius 2 is 1.86 bits per heavy atom. The van der Waals surface area contributed by atoms with Crippen molar-refractivity contribution in [2.45, 2.75) is 83.2 Å². The van der Waals surface area contributed by atoms with E-state index < -0.39 is 12.0 Å². The van der Waals surface area contributed by atoms with Gasteiger partial charge in [0.2, 0.25) is 0 Å². The van der Waals surface area contributed by atoms with Crippen molar-refractivity contribution < 1.29 is 18.7 Å². The zero-order valence-electron chi connectivity index (χ0n) is 25.8. The molecule has 0 amide bonds. The van der Waals surface area contributed by atoms with Crippen molar-refractivity contribution in [3.63, 3.8) is 0 Å². The Bertz CT molecular complexity index is 1390. The average molecular weight is 610 g/mol. The highest BCUT2D eigenvalue weighted by Crippen LogP contribution is 2.44. The number of carbonyl (C=O) groups is 1. The fourth-order valence-corrected chi connectivity index (χ4v) is 8.86. The van der Waals surface area contributed by atoms with Crippen LogP contribution < -0.4 is 0 Å². The number of hydrogen-bond acceptors (Lipinski definition) is 5. The summed E-state index contributed by atoms with van der Waals surface area (Å²) in [5.41, 5.74) is 2.87. The van der Waals surface area contributed by atoms with Crippen LogP contribution in [0.25, 0.3) is 0 Å². The summed E-state index contributed by atoms with van der Waals surface area (Å²) in [6.45, 7) is 8.99. The summed E-state index contributed by atoms with van der Waals surface area (Å²) in [7, 11) is 1.95. The van der Waals surface area contributed by atoms with Crippen LogP contribution in [0, 0.1) is 23.5 Å². The maximum Gasteiger partial charge on any atom is 0.321 e. The SMILES string of the molecule is CCc1nc(Cc2ccccc2F)sc1C1CCN(CC2CC(N(C)[C@@H](C(=O)O)C(C)C)CC2c2cccc(F)c2)CC1. The minimum absolute atomic E-state index is 0.000170. The van der Waals surface area contributed by atoms with Gasteiger partial charge in [0.05, 0.1) is 10.7 Å². The third kappa shape index (κ3) is 7.35. The first kappa shape index (κ1) is 31.7. The standard InChI is InChI=1S/C35H45F2N3O2S/c1-5-31-34(43-32(38-31)19-25-9-6-7-12-30(25)37)23-13-15-40(16-14-23)21-26-18-28(39(4)33(22(2)3)35(41)42)20-29(26)24-10-8-11-27(36)17-24/h6-12,17,22-23,26,28-29,33H,5,13-16,18-21H2,1-4H3,(H,41,42)/t26?,28?,29?,33-/m1/s1. The summed E-state index contributed by atoms with van der Waals surface area (Å²) >= 11 is 1.75. The molecule has 2 aliphatic rings. The molecule has 43 heavy (non-hydrogen) atoms. The van der Waals surface area contributed by atoms with Crippen molar-refractivity contribution in [3.05, 3.63) is 86.9 Å². The van der Waals surface area contributed by atoms with E-state index in [-0.39, 0.29) is 29.5 Å². The summed E-state index contributed by atoms with van der Waals surface area (Å²) in [5.74, 6) is -0.194. The second-order valence-corrected chi connectivity index (χ2v) is 14.0. The van der Waals surface area contributed by atoms with Crippen molar-refractivity contribution in [1.29, 1.82) is 0 Å². The minimum atomic E-state index is -0.781. The van der Waals surface area contributed by atoms with E-state index >= 15 is 0 Å². The van der Waals surface area contributed by atoms with Gasteiger partial charge >= 0.3 is 5.97 Å². The van der Waals surface area contributed by atoms with Gasteiger partial charge in [-0.05, 0) is 105 Å². The van der Waals surface area contributed by atoms with Crippen molar-refractivity contribution in [1.82, 2.24) is 14.8 Å². The maximum atomic E-state index is 14.3. The summed E-state index contributed by atoms with van der Waals surface area (Å²) in [4.78, 5) is 23.0. The second-order valence-electron chi connectivity index (χ2n) is 12.9. The molecule has 0 bridgehead atoms. The number of carboxylic acid groups (broad SMARTS) is 1. The fourth-order valence-electron chi connectivity index (χ4n) is 7.51. The van der Waals surface area contributed by atoms with E-state index in [1.54, 1.807) is 29.5 Å². The Kier molecular flexibility index (Phi) is 10.3. The fraction of sp³-hybridized carbons (Fsp3) is 0.543. The Morgan fingerprint density at radius 3 is 2.51 bits per heavy atom. The topological polar surface area (TPSA) is 56.7 Å². The molecular formula is C35H45F2N3O2S. The van der Waals surface area contributed by atoms with Crippen LogP contribution in [0.5, 0.6) is 0 Å². The van der Waals surface area contributed by atoms with Gasteiger partial charge in [-0.15, -0.1) is 11.3 Å². The Balaban J connectivity index is 1.26. The predicted octanol–water partition coefficient (Wildman–Crippen LogP) is 7.36. The summed E-state index contributed by atoms with van der Waals surface area (Å²) in [6.07, 6.45) is 5.27. The lowest BCUT2D eigenvalue weighted by Crippen LogP contribution is -2.47. The molecule has 1 N–H and O–H groups in total. The second kappa shape index (κ2) is 14.0. The molecule has 1 aliphatic heterocycles. The largest absolute Gasteiger partial charge is 0.480 e. The molecule has 0 radical (unpaired) electrons. The van der Waals surface area contributed by atoms with E-state index in [9.17, 15) is 18.7 Å². The monoisotopic (exact) mass is 609 g/mol. The van der Waals surface area contributed by atoms with Crippen LogP contribution in [-0.2, 0) is 17.6 Å². The van der Waals surface area contributed by atoms with Crippen molar-refractivity contribution in [2.24, 2.45) is 11.8 Å².